The number of aliphatic hydroxyl groups excluding tert-OH is 2. The van der Waals surface area contributed by atoms with E-state index in [2.05, 4.69) is 13.6 Å². The minimum atomic E-state index is -4.61. The van der Waals surface area contributed by atoms with Crippen molar-refractivity contribution < 1.29 is 52.2 Å². The van der Waals surface area contributed by atoms with E-state index >= 15 is 0 Å². The van der Waals surface area contributed by atoms with Crippen molar-refractivity contribution in [1.82, 2.24) is 0 Å². The van der Waals surface area contributed by atoms with E-state index in [1.807, 2.05) is 0 Å². The molecule has 14 heteroatoms. The number of carbonyl (C=O) groups excluding carboxylic acids is 1. The predicted octanol–water partition coefficient (Wildman–Crippen LogP) is -1.60. The van der Waals surface area contributed by atoms with Crippen LogP contribution in [0.5, 0.6) is 0 Å². The zero-order valence-electron chi connectivity index (χ0n) is 12.2. The second-order valence-electron chi connectivity index (χ2n) is 4.28. The van der Waals surface area contributed by atoms with Gasteiger partial charge in [-0.1, -0.05) is 0 Å². The number of rotatable bonds is 12. The lowest BCUT2D eigenvalue weighted by Crippen LogP contribution is -2.35. The SMILES string of the molecule is C[C@@H](N)C(=O)OC(CO[P+](=O)O)COP(=O)(O)OCC(O)CO. The molecule has 0 bridgehead atoms. The van der Waals surface area contributed by atoms with Gasteiger partial charge in [0, 0.05) is 4.57 Å². The third-order valence-electron chi connectivity index (χ3n) is 2.09. The fraction of sp³-hybridized carbons (Fsp3) is 0.889. The van der Waals surface area contributed by atoms with Gasteiger partial charge in [0.2, 0.25) is 0 Å². The highest BCUT2D eigenvalue weighted by Gasteiger charge is 2.29. The summed E-state index contributed by atoms with van der Waals surface area (Å²) in [5.41, 5.74) is 5.27. The summed E-state index contributed by atoms with van der Waals surface area (Å²) in [6.07, 6.45) is -2.68. The standard InChI is InChI=1S/C9H19NO11P2/c1-6(10)9(13)21-8(4-18-22(14)15)5-20-23(16,17)19-3-7(12)2-11/h6-8,11-12H,2-5,10H2,1H3,(H-,14,15,16,17)/p+1/t6-,7?,8?/m1/s1. The van der Waals surface area contributed by atoms with Crippen molar-refractivity contribution in [2.45, 2.75) is 25.2 Å². The quantitative estimate of drug-likeness (QED) is 0.192. The Bertz CT molecular complexity index is 432. The second kappa shape index (κ2) is 11.1. The molecule has 23 heavy (non-hydrogen) atoms. The molecule has 6 N–H and O–H groups in total. The molecule has 0 aliphatic heterocycles. The van der Waals surface area contributed by atoms with Crippen LogP contribution in [0.15, 0.2) is 0 Å². The maximum atomic E-state index is 11.5. The largest absolute Gasteiger partial charge is 0.694 e. The molecule has 136 valence electrons. The molecule has 5 atom stereocenters. The maximum absolute atomic E-state index is 11.5. The van der Waals surface area contributed by atoms with Crippen LogP contribution in [0.3, 0.4) is 0 Å². The molecule has 4 unspecified atom stereocenters. The van der Waals surface area contributed by atoms with E-state index in [-0.39, 0.29) is 0 Å². The lowest BCUT2D eigenvalue weighted by molar-refractivity contribution is -0.153. The van der Waals surface area contributed by atoms with Crippen LogP contribution in [0.2, 0.25) is 0 Å². The van der Waals surface area contributed by atoms with Crippen molar-refractivity contribution >= 4 is 22.0 Å². The highest BCUT2D eigenvalue weighted by molar-refractivity contribution is 7.47. The summed E-state index contributed by atoms with van der Waals surface area (Å²) in [6.45, 7) is -1.34. The van der Waals surface area contributed by atoms with E-state index in [0.29, 0.717) is 0 Å². The fourth-order valence-corrected chi connectivity index (χ4v) is 2.07. The van der Waals surface area contributed by atoms with Gasteiger partial charge in [-0.05, 0) is 6.92 Å². The zero-order valence-corrected chi connectivity index (χ0v) is 14.0. The molecule has 0 aliphatic rings. The molecule has 0 amide bonds. The van der Waals surface area contributed by atoms with E-state index in [9.17, 15) is 18.8 Å². The molecular formula is C9H20NO11P2+. The van der Waals surface area contributed by atoms with Gasteiger partial charge in [-0.2, -0.15) is 0 Å². The first-order valence-electron chi connectivity index (χ1n) is 6.23. The summed E-state index contributed by atoms with van der Waals surface area (Å²) in [6, 6.07) is -1.00. The van der Waals surface area contributed by atoms with Crippen molar-refractivity contribution in [3.05, 3.63) is 0 Å². The summed E-state index contributed by atoms with van der Waals surface area (Å²) >= 11 is 0. The van der Waals surface area contributed by atoms with E-state index < -0.39 is 66.7 Å². The Morgan fingerprint density at radius 3 is 2.35 bits per heavy atom. The van der Waals surface area contributed by atoms with Gasteiger partial charge in [0.25, 0.3) is 0 Å². The van der Waals surface area contributed by atoms with Crippen LogP contribution in [-0.4, -0.2) is 70.6 Å². The molecule has 0 aromatic carbocycles. The molecule has 12 nitrogen and oxygen atoms in total. The Balaban J connectivity index is 4.52. The summed E-state index contributed by atoms with van der Waals surface area (Å²) in [7, 11) is -7.59. The van der Waals surface area contributed by atoms with E-state index in [1.165, 1.54) is 6.92 Å². The lowest BCUT2D eigenvalue weighted by atomic mass is 10.3. The first-order chi connectivity index (χ1) is 10.6. The molecular weight excluding hydrogens is 360 g/mol. The molecule has 0 radical (unpaired) electrons. The van der Waals surface area contributed by atoms with Crippen LogP contribution < -0.4 is 5.73 Å². The van der Waals surface area contributed by atoms with Gasteiger partial charge >= 0.3 is 22.0 Å². The first-order valence-corrected chi connectivity index (χ1v) is 8.86. The van der Waals surface area contributed by atoms with Crippen LogP contribution in [-0.2, 0) is 32.2 Å². The van der Waals surface area contributed by atoms with Crippen LogP contribution in [0.1, 0.15) is 6.92 Å². The Hall–Kier alpha value is -0.520. The molecule has 0 aliphatic carbocycles. The van der Waals surface area contributed by atoms with Gasteiger partial charge in [-0.3, -0.25) is 13.8 Å². The van der Waals surface area contributed by atoms with Gasteiger partial charge in [0.05, 0.1) is 19.8 Å². The van der Waals surface area contributed by atoms with Gasteiger partial charge in [-0.15, -0.1) is 9.42 Å². The number of carbonyl (C=O) groups is 1. The number of hydrogen-bond acceptors (Lipinski definition) is 10. The Morgan fingerprint density at radius 2 is 1.87 bits per heavy atom. The van der Waals surface area contributed by atoms with Crippen molar-refractivity contribution in [2.24, 2.45) is 5.73 Å². The predicted molar refractivity (Wildman–Crippen MR) is 74.1 cm³/mol. The van der Waals surface area contributed by atoms with Gasteiger partial charge in [0.15, 0.2) is 6.10 Å². The number of ether oxygens (including phenoxy) is 1. The molecule has 0 spiro atoms. The third-order valence-corrected chi connectivity index (χ3v) is 3.41. The number of phosphoric acid groups is 1. The Kier molecular flexibility index (Phi) is 10.9. The number of phosphoric ester groups is 1. The van der Waals surface area contributed by atoms with Crippen LogP contribution in [0.4, 0.5) is 0 Å². The maximum Gasteiger partial charge on any atom is 0.694 e. The van der Waals surface area contributed by atoms with E-state index in [4.69, 9.17) is 25.6 Å². The zero-order chi connectivity index (χ0) is 18.0. The van der Waals surface area contributed by atoms with E-state index in [1.54, 1.807) is 0 Å². The molecule has 0 heterocycles. The highest BCUT2D eigenvalue weighted by atomic mass is 31.2. The van der Waals surface area contributed by atoms with Crippen molar-refractivity contribution in [2.75, 3.05) is 26.4 Å². The average molecular weight is 380 g/mol. The third kappa shape index (κ3) is 11.6. The van der Waals surface area contributed by atoms with E-state index in [0.717, 1.165) is 0 Å². The highest BCUT2D eigenvalue weighted by Crippen LogP contribution is 2.43. The Labute approximate surface area is 132 Å². The smallest absolute Gasteiger partial charge is 0.456 e. The lowest BCUT2D eigenvalue weighted by Gasteiger charge is -2.19. The second-order valence-corrected chi connectivity index (χ2v) is 6.47. The molecule has 0 rings (SSSR count). The first kappa shape index (κ1) is 22.5. The molecule has 0 saturated heterocycles. The topological polar surface area (TPSA) is 195 Å². The monoisotopic (exact) mass is 380 g/mol. The summed E-state index contributed by atoms with van der Waals surface area (Å²) < 4.78 is 40.0. The molecule has 0 aromatic heterocycles. The van der Waals surface area contributed by atoms with Gasteiger partial charge in [-0.25, -0.2) is 4.57 Å². The van der Waals surface area contributed by atoms with Crippen LogP contribution >= 0.6 is 16.1 Å². The number of aliphatic hydroxyl groups is 2. The van der Waals surface area contributed by atoms with Crippen molar-refractivity contribution in [3.63, 3.8) is 0 Å². The van der Waals surface area contributed by atoms with Crippen LogP contribution in [0.25, 0.3) is 0 Å². The summed E-state index contributed by atoms with van der Waals surface area (Å²) in [5.74, 6) is -0.889. The average Bonchev–Trinajstić information content (AvgIpc) is 2.47. The van der Waals surface area contributed by atoms with Crippen molar-refractivity contribution in [1.29, 1.82) is 0 Å². The van der Waals surface area contributed by atoms with Gasteiger partial charge in [0.1, 0.15) is 18.8 Å². The normalized spacial score (nSPS) is 18.6. The molecule has 0 aromatic rings. The summed E-state index contributed by atoms with van der Waals surface area (Å²) in [5, 5.41) is 17.5. The number of hydrogen-bond donors (Lipinski definition) is 5. The van der Waals surface area contributed by atoms with Gasteiger partial charge < -0.3 is 25.6 Å². The molecule has 0 saturated carbocycles. The minimum Gasteiger partial charge on any atom is -0.456 e. The Morgan fingerprint density at radius 1 is 1.30 bits per heavy atom. The fourth-order valence-electron chi connectivity index (χ4n) is 0.982. The van der Waals surface area contributed by atoms with Crippen molar-refractivity contribution in [3.8, 4) is 0 Å². The number of esters is 1. The number of nitrogens with two attached hydrogens (primary N) is 1. The van der Waals surface area contributed by atoms with Crippen LogP contribution in [0, 0.1) is 0 Å². The minimum absolute atomic E-state index is 0.594. The summed E-state index contributed by atoms with van der Waals surface area (Å²) in [4.78, 5) is 29.2. The molecule has 0 fully saturated rings.